The zero-order valence-electron chi connectivity index (χ0n) is 13.2. The van der Waals surface area contributed by atoms with Crippen molar-refractivity contribution in [2.45, 2.75) is 38.1 Å². The number of carboxylic acid groups (broad SMARTS) is 1. The molecule has 6 heteroatoms. The second-order valence-electron chi connectivity index (χ2n) is 6.02. The maximum absolute atomic E-state index is 13.6. The first-order valence-corrected chi connectivity index (χ1v) is 8.97. The van der Waals surface area contributed by atoms with Gasteiger partial charge in [-0.2, -0.15) is 11.8 Å². The topological polar surface area (TPSA) is 66.4 Å². The molecule has 1 aromatic carbocycles. The van der Waals surface area contributed by atoms with Crippen molar-refractivity contribution in [2.24, 2.45) is 5.92 Å². The average molecular weight is 339 g/mol. The van der Waals surface area contributed by atoms with Gasteiger partial charge in [-0.05, 0) is 48.8 Å². The van der Waals surface area contributed by atoms with E-state index in [4.69, 9.17) is 0 Å². The second-order valence-corrected chi connectivity index (χ2v) is 7.24. The molecule has 0 bridgehead atoms. The number of rotatable bonds is 6. The zero-order chi connectivity index (χ0) is 16.9. The molecule has 1 aromatic rings. The van der Waals surface area contributed by atoms with Gasteiger partial charge in [-0.15, -0.1) is 0 Å². The molecule has 126 valence electrons. The van der Waals surface area contributed by atoms with E-state index in [0.717, 1.165) is 11.5 Å². The Morgan fingerprint density at radius 1 is 1.35 bits per heavy atom. The summed E-state index contributed by atoms with van der Waals surface area (Å²) in [5.41, 5.74) is -0.566. The molecule has 0 saturated carbocycles. The van der Waals surface area contributed by atoms with Crippen LogP contribution in [-0.4, -0.2) is 34.0 Å². The number of amides is 1. The summed E-state index contributed by atoms with van der Waals surface area (Å²) in [6, 6.07) is 6.51. The van der Waals surface area contributed by atoms with Crippen molar-refractivity contribution in [1.29, 1.82) is 0 Å². The molecule has 4 nitrogen and oxygen atoms in total. The number of carboxylic acids is 1. The fourth-order valence-corrected chi connectivity index (χ4v) is 3.87. The minimum Gasteiger partial charge on any atom is -0.480 e. The molecular weight excluding hydrogens is 317 g/mol. The SMILES string of the molecule is CC(CCc1ccccc1F)C(=O)NC1(C(=O)O)CCSCC1. The van der Waals surface area contributed by atoms with Crippen molar-refractivity contribution < 1.29 is 19.1 Å². The molecule has 0 spiro atoms. The van der Waals surface area contributed by atoms with Crippen molar-refractivity contribution in [2.75, 3.05) is 11.5 Å². The number of carbonyl (C=O) groups is 2. The summed E-state index contributed by atoms with van der Waals surface area (Å²) in [7, 11) is 0. The Balaban J connectivity index is 1.94. The van der Waals surface area contributed by atoms with Crippen molar-refractivity contribution in [3.8, 4) is 0 Å². The van der Waals surface area contributed by atoms with E-state index in [0.29, 0.717) is 31.2 Å². The van der Waals surface area contributed by atoms with Gasteiger partial charge in [0.1, 0.15) is 11.4 Å². The monoisotopic (exact) mass is 339 g/mol. The van der Waals surface area contributed by atoms with Crippen molar-refractivity contribution in [3.63, 3.8) is 0 Å². The number of carbonyl (C=O) groups excluding carboxylic acids is 1. The van der Waals surface area contributed by atoms with E-state index in [9.17, 15) is 19.1 Å². The Kier molecular flexibility index (Phi) is 6.04. The van der Waals surface area contributed by atoms with Gasteiger partial charge in [-0.3, -0.25) is 4.79 Å². The highest BCUT2D eigenvalue weighted by atomic mass is 32.2. The largest absolute Gasteiger partial charge is 0.480 e. The molecule has 1 atom stereocenters. The standard InChI is InChI=1S/C17H22FNO3S/c1-12(6-7-13-4-2-3-5-14(13)18)15(20)19-17(16(21)22)8-10-23-11-9-17/h2-5,12H,6-11H2,1H3,(H,19,20)(H,21,22). The molecule has 1 unspecified atom stereocenters. The Morgan fingerprint density at radius 3 is 2.61 bits per heavy atom. The predicted molar refractivity (Wildman–Crippen MR) is 89.0 cm³/mol. The molecule has 2 rings (SSSR count). The number of aliphatic carboxylic acids is 1. The molecule has 1 aliphatic heterocycles. The van der Waals surface area contributed by atoms with Crippen LogP contribution in [0.15, 0.2) is 24.3 Å². The van der Waals surface area contributed by atoms with Gasteiger partial charge in [0, 0.05) is 5.92 Å². The number of nitrogens with one attached hydrogen (secondary N) is 1. The Bertz CT molecular complexity index is 573. The fraction of sp³-hybridized carbons (Fsp3) is 0.529. The highest BCUT2D eigenvalue weighted by Gasteiger charge is 2.41. The third kappa shape index (κ3) is 4.47. The smallest absolute Gasteiger partial charge is 0.329 e. The lowest BCUT2D eigenvalue weighted by atomic mass is 9.90. The molecule has 0 aromatic heterocycles. The van der Waals surface area contributed by atoms with Gasteiger partial charge in [-0.25, -0.2) is 9.18 Å². The minimum absolute atomic E-state index is 0.268. The van der Waals surface area contributed by atoms with E-state index in [-0.39, 0.29) is 17.6 Å². The van der Waals surface area contributed by atoms with E-state index in [2.05, 4.69) is 5.32 Å². The summed E-state index contributed by atoms with van der Waals surface area (Å²) in [4.78, 5) is 23.9. The van der Waals surface area contributed by atoms with E-state index in [1.807, 2.05) is 0 Å². The van der Waals surface area contributed by atoms with Crippen molar-refractivity contribution >= 4 is 23.6 Å². The normalized spacial score (nSPS) is 18.2. The highest BCUT2D eigenvalue weighted by Crippen LogP contribution is 2.28. The van der Waals surface area contributed by atoms with Crippen molar-refractivity contribution in [1.82, 2.24) is 5.32 Å². The van der Waals surface area contributed by atoms with Crippen LogP contribution in [0.4, 0.5) is 4.39 Å². The lowest BCUT2D eigenvalue weighted by molar-refractivity contribution is -0.148. The van der Waals surface area contributed by atoms with Crippen LogP contribution in [0.5, 0.6) is 0 Å². The molecular formula is C17H22FNO3S. The quantitative estimate of drug-likeness (QED) is 0.836. The van der Waals surface area contributed by atoms with Crippen molar-refractivity contribution in [3.05, 3.63) is 35.6 Å². The maximum atomic E-state index is 13.6. The lowest BCUT2D eigenvalue weighted by Gasteiger charge is -2.34. The van der Waals surface area contributed by atoms with Gasteiger partial charge >= 0.3 is 5.97 Å². The van der Waals surface area contributed by atoms with Crippen LogP contribution in [-0.2, 0) is 16.0 Å². The van der Waals surface area contributed by atoms with Gasteiger partial charge in [-0.1, -0.05) is 25.1 Å². The lowest BCUT2D eigenvalue weighted by Crippen LogP contribution is -2.57. The molecule has 0 aliphatic carbocycles. The Morgan fingerprint density at radius 2 is 2.00 bits per heavy atom. The fourth-order valence-electron chi connectivity index (χ4n) is 2.68. The number of halogens is 1. The van der Waals surface area contributed by atoms with E-state index < -0.39 is 11.5 Å². The third-order valence-electron chi connectivity index (χ3n) is 4.37. The molecule has 1 aliphatic rings. The molecule has 1 amide bonds. The molecule has 2 N–H and O–H groups in total. The number of thioether (sulfide) groups is 1. The van der Waals surface area contributed by atoms with Gasteiger partial charge < -0.3 is 10.4 Å². The summed E-state index contributed by atoms with van der Waals surface area (Å²) in [5, 5.41) is 12.2. The molecule has 0 radical (unpaired) electrons. The summed E-state index contributed by atoms with van der Waals surface area (Å²) in [6.07, 6.45) is 1.83. The molecule has 1 heterocycles. The first kappa shape index (κ1) is 17.8. The van der Waals surface area contributed by atoms with Crippen LogP contribution in [0.25, 0.3) is 0 Å². The first-order chi connectivity index (χ1) is 10.9. The van der Waals surface area contributed by atoms with Gasteiger partial charge in [0.05, 0.1) is 0 Å². The van der Waals surface area contributed by atoms with Crippen LogP contribution in [0.2, 0.25) is 0 Å². The van der Waals surface area contributed by atoms with Crippen LogP contribution < -0.4 is 5.32 Å². The summed E-state index contributed by atoms with van der Waals surface area (Å²) >= 11 is 1.70. The number of hydrogen-bond donors (Lipinski definition) is 2. The van der Waals surface area contributed by atoms with E-state index in [1.54, 1.807) is 36.9 Å². The first-order valence-electron chi connectivity index (χ1n) is 7.81. The van der Waals surface area contributed by atoms with Gasteiger partial charge in [0.2, 0.25) is 5.91 Å². The summed E-state index contributed by atoms with van der Waals surface area (Å²) in [5.74, 6) is -0.401. The Hall–Kier alpha value is -1.56. The molecule has 1 fully saturated rings. The zero-order valence-corrected chi connectivity index (χ0v) is 14.0. The molecule has 1 saturated heterocycles. The van der Waals surface area contributed by atoms with E-state index in [1.165, 1.54) is 6.07 Å². The second kappa shape index (κ2) is 7.81. The highest BCUT2D eigenvalue weighted by molar-refractivity contribution is 7.99. The maximum Gasteiger partial charge on any atom is 0.329 e. The van der Waals surface area contributed by atoms with Gasteiger partial charge in [0.25, 0.3) is 0 Å². The number of hydrogen-bond acceptors (Lipinski definition) is 3. The predicted octanol–water partition coefficient (Wildman–Crippen LogP) is 2.86. The third-order valence-corrected chi connectivity index (χ3v) is 5.36. The minimum atomic E-state index is -1.14. The van der Waals surface area contributed by atoms with Crippen LogP contribution in [0.1, 0.15) is 31.7 Å². The van der Waals surface area contributed by atoms with Crippen LogP contribution in [0, 0.1) is 11.7 Å². The summed E-state index contributed by atoms with van der Waals surface area (Å²) < 4.78 is 13.6. The van der Waals surface area contributed by atoms with E-state index >= 15 is 0 Å². The number of benzene rings is 1. The van der Waals surface area contributed by atoms with Crippen LogP contribution >= 0.6 is 11.8 Å². The summed E-state index contributed by atoms with van der Waals surface area (Å²) in [6.45, 7) is 1.75. The average Bonchev–Trinajstić information content (AvgIpc) is 2.54. The van der Waals surface area contributed by atoms with Crippen LogP contribution in [0.3, 0.4) is 0 Å². The molecule has 23 heavy (non-hydrogen) atoms. The van der Waals surface area contributed by atoms with Gasteiger partial charge in [0.15, 0.2) is 0 Å². The number of aryl methyl sites for hydroxylation is 1. The Labute approximate surface area is 139 Å².